The lowest BCUT2D eigenvalue weighted by Crippen LogP contribution is -2.50. The standard InChI is InChI=1S/C24H23ClN4O4/c25-17-3-1-4-19-21(17)24(8-11-28(12-9-24)10-2-5-20(30)31)23(33)29(19)22(32)15-6-7-18-16(13-15)14-26-27-18/h1,3-4,6-7,13-14H,2,5,8-12H2,(H,26,27)(H,30,31). The molecule has 0 unspecified atom stereocenters. The molecule has 0 aliphatic carbocycles. The van der Waals surface area contributed by atoms with Crippen LogP contribution in [0.5, 0.6) is 0 Å². The third-order valence-corrected chi connectivity index (χ3v) is 7.10. The predicted octanol–water partition coefficient (Wildman–Crippen LogP) is 3.60. The highest BCUT2D eigenvalue weighted by atomic mass is 35.5. The van der Waals surface area contributed by atoms with Crippen LogP contribution in [0.3, 0.4) is 0 Å². The fourth-order valence-corrected chi connectivity index (χ4v) is 5.44. The quantitative estimate of drug-likeness (QED) is 0.556. The van der Waals surface area contributed by atoms with Crippen molar-refractivity contribution in [2.45, 2.75) is 31.1 Å². The van der Waals surface area contributed by atoms with Crippen molar-refractivity contribution in [3.05, 3.63) is 58.7 Å². The Bertz CT molecular complexity index is 1260. The van der Waals surface area contributed by atoms with Gasteiger partial charge < -0.3 is 10.0 Å². The summed E-state index contributed by atoms with van der Waals surface area (Å²) in [5.74, 6) is -1.43. The highest BCUT2D eigenvalue weighted by Crippen LogP contribution is 2.51. The number of likely N-dealkylation sites (tertiary alicyclic amines) is 1. The third-order valence-electron chi connectivity index (χ3n) is 6.79. The number of H-pyrrole nitrogens is 1. The van der Waals surface area contributed by atoms with Crippen molar-refractivity contribution in [3.63, 3.8) is 0 Å². The predicted molar refractivity (Wildman–Crippen MR) is 124 cm³/mol. The zero-order valence-corrected chi connectivity index (χ0v) is 18.6. The second kappa shape index (κ2) is 8.28. The summed E-state index contributed by atoms with van der Waals surface area (Å²) in [6.45, 7) is 1.94. The molecule has 1 fully saturated rings. The Balaban J connectivity index is 1.45. The largest absolute Gasteiger partial charge is 0.481 e. The van der Waals surface area contributed by atoms with E-state index in [1.165, 1.54) is 4.90 Å². The number of nitrogens with zero attached hydrogens (tertiary/aromatic N) is 3. The molecule has 2 amide bonds. The van der Waals surface area contributed by atoms with Gasteiger partial charge in [-0.05, 0) is 69.2 Å². The van der Waals surface area contributed by atoms with Crippen LogP contribution >= 0.6 is 11.6 Å². The third kappa shape index (κ3) is 3.59. The van der Waals surface area contributed by atoms with Gasteiger partial charge in [0, 0.05) is 28.0 Å². The lowest BCUT2D eigenvalue weighted by Gasteiger charge is -2.38. The molecular weight excluding hydrogens is 444 g/mol. The van der Waals surface area contributed by atoms with Crippen LogP contribution in [0.15, 0.2) is 42.6 Å². The van der Waals surface area contributed by atoms with Crippen LogP contribution in [-0.4, -0.2) is 57.6 Å². The Hall–Kier alpha value is -3.23. The first-order valence-corrected chi connectivity index (χ1v) is 11.3. The summed E-state index contributed by atoms with van der Waals surface area (Å²) in [4.78, 5) is 41.7. The number of aliphatic carboxylic acids is 1. The number of fused-ring (bicyclic) bond motifs is 3. The van der Waals surface area contributed by atoms with Gasteiger partial charge in [-0.25, -0.2) is 4.90 Å². The number of carbonyl (C=O) groups is 3. The number of nitrogens with one attached hydrogen (secondary N) is 1. The maximum absolute atomic E-state index is 13.9. The van der Waals surface area contributed by atoms with Crippen molar-refractivity contribution in [3.8, 4) is 0 Å². The number of carboxylic acids is 1. The number of piperidine rings is 1. The van der Waals surface area contributed by atoms with Gasteiger partial charge in [0.1, 0.15) is 0 Å². The number of imide groups is 1. The minimum Gasteiger partial charge on any atom is -0.481 e. The smallest absolute Gasteiger partial charge is 0.303 e. The van der Waals surface area contributed by atoms with E-state index in [4.69, 9.17) is 16.7 Å². The van der Waals surface area contributed by atoms with Crippen molar-refractivity contribution >= 4 is 46.0 Å². The Kier molecular flexibility index (Phi) is 5.42. The van der Waals surface area contributed by atoms with Gasteiger partial charge >= 0.3 is 5.97 Å². The van der Waals surface area contributed by atoms with Gasteiger partial charge in [-0.2, -0.15) is 5.10 Å². The molecule has 0 radical (unpaired) electrons. The molecule has 0 bridgehead atoms. The number of amides is 2. The van der Waals surface area contributed by atoms with Gasteiger partial charge in [-0.3, -0.25) is 19.5 Å². The van der Waals surface area contributed by atoms with Crippen LogP contribution in [0.4, 0.5) is 5.69 Å². The zero-order chi connectivity index (χ0) is 23.2. The van der Waals surface area contributed by atoms with Gasteiger partial charge in [0.2, 0.25) is 5.91 Å². The molecule has 2 aliphatic rings. The summed E-state index contributed by atoms with van der Waals surface area (Å²) in [6.07, 6.45) is 3.39. The molecule has 1 spiro atoms. The summed E-state index contributed by atoms with van der Waals surface area (Å²) in [6, 6.07) is 10.5. The molecule has 5 rings (SSSR count). The zero-order valence-electron chi connectivity index (χ0n) is 17.9. The maximum Gasteiger partial charge on any atom is 0.303 e. The van der Waals surface area contributed by atoms with Crippen LogP contribution < -0.4 is 4.90 Å². The first-order valence-electron chi connectivity index (χ1n) is 11.0. The molecule has 0 saturated carbocycles. The lowest BCUT2D eigenvalue weighted by atomic mass is 9.73. The van der Waals surface area contributed by atoms with Crippen LogP contribution in [0.1, 0.15) is 41.6 Å². The molecule has 9 heteroatoms. The number of hydrogen-bond donors (Lipinski definition) is 2. The van der Waals surface area contributed by atoms with E-state index in [1.807, 2.05) is 0 Å². The van der Waals surface area contributed by atoms with E-state index in [0.717, 1.165) is 16.5 Å². The first-order chi connectivity index (χ1) is 15.9. The SMILES string of the molecule is O=C(O)CCCN1CCC2(CC1)C(=O)N(C(=O)c1ccc3[nH]ncc3c1)c1cccc(Cl)c12. The minimum atomic E-state index is -0.855. The minimum absolute atomic E-state index is 0.124. The summed E-state index contributed by atoms with van der Waals surface area (Å²) in [5, 5.41) is 17.0. The number of aromatic amines is 1. The van der Waals surface area contributed by atoms with Crippen LogP contribution in [-0.2, 0) is 15.0 Å². The van der Waals surface area contributed by atoms with Crippen molar-refractivity contribution in [1.29, 1.82) is 0 Å². The van der Waals surface area contributed by atoms with Gasteiger partial charge in [0.15, 0.2) is 0 Å². The van der Waals surface area contributed by atoms with E-state index in [-0.39, 0.29) is 18.2 Å². The van der Waals surface area contributed by atoms with E-state index in [0.29, 0.717) is 55.2 Å². The molecule has 3 aromatic rings. The Morgan fingerprint density at radius 2 is 1.97 bits per heavy atom. The average molecular weight is 467 g/mol. The molecule has 1 saturated heterocycles. The molecular formula is C24H23ClN4O4. The fourth-order valence-electron chi connectivity index (χ4n) is 5.09. The molecule has 170 valence electrons. The van der Waals surface area contributed by atoms with Gasteiger partial charge in [-0.1, -0.05) is 17.7 Å². The molecule has 3 heterocycles. The number of halogens is 1. The molecule has 8 nitrogen and oxygen atoms in total. The van der Waals surface area contributed by atoms with Crippen molar-refractivity contribution < 1.29 is 19.5 Å². The van der Waals surface area contributed by atoms with Crippen molar-refractivity contribution in [1.82, 2.24) is 15.1 Å². The van der Waals surface area contributed by atoms with Crippen LogP contribution in [0, 0.1) is 0 Å². The molecule has 0 atom stereocenters. The van der Waals surface area contributed by atoms with Crippen LogP contribution in [0.2, 0.25) is 5.02 Å². The Morgan fingerprint density at radius 1 is 1.18 bits per heavy atom. The molecule has 2 N–H and O–H groups in total. The van der Waals surface area contributed by atoms with Gasteiger partial charge in [0.05, 0.1) is 22.8 Å². The summed E-state index contributed by atoms with van der Waals surface area (Å²) in [7, 11) is 0. The molecule has 2 aromatic carbocycles. The number of carbonyl (C=O) groups excluding carboxylic acids is 2. The summed E-state index contributed by atoms with van der Waals surface area (Å²) >= 11 is 6.61. The number of rotatable bonds is 5. The Labute approximate surface area is 195 Å². The average Bonchev–Trinajstić information content (AvgIpc) is 3.36. The monoisotopic (exact) mass is 466 g/mol. The highest BCUT2D eigenvalue weighted by molar-refractivity contribution is 6.35. The normalized spacial score (nSPS) is 17.6. The summed E-state index contributed by atoms with van der Waals surface area (Å²) in [5.41, 5.74) is 1.64. The lowest BCUT2D eigenvalue weighted by molar-refractivity contribution is -0.137. The van der Waals surface area contributed by atoms with E-state index >= 15 is 0 Å². The highest BCUT2D eigenvalue weighted by Gasteiger charge is 2.54. The molecule has 1 aromatic heterocycles. The molecule has 33 heavy (non-hydrogen) atoms. The molecule has 2 aliphatic heterocycles. The second-order valence-corrected chi connectivity index (χ2v) is 9.08. The van der Waals surface area contributed by atoms with Gasteiger partial charge in [0.25, 0.3) is 5.91 Å². The number of hydrogen-bond acceptors (Lipinski definition) is 5. The van der Waals surface area contributed by atoms with E-state index in [9.17, 15) is 14.4 Å². The van der Waals surface area contributed by atoms with E-state index < -0.39 is 11.4 Å². The van der Waals surface area contributed by atoms with Crippen molar-refractivity contribution in [2.24, 2.45) is 0 Å². The van der Waals surface area contributed by atoms with Gasteiger partial charge in [-0.15, -0.1) is 0 Å². The van der Waals surface area contributed by atoms with Crippen LogP contribution in [0.25, 0.3) is 10.9 Å². The fraction of sp³-hybridized carbons (Fsp3) is 0.333. The number of benzene rings is 2. The number of anilines is 1. The van der Waals surface area contributed by atoms with E-state index in [1.54, 1.807) is 42.6 Å². The number of carboxylic acid groups (broad SMARTS) is 1. The first kappa shape index (κ1) is 21.6. The van der Waals surface area contributed by atoms with Crippen molar-refractivity contribution in [2.75, 3.05) is 24.5 Å². The number of aromatic nitrogens is 2. The topological polar surface area (TPSA) is 107 Å². The maximum atomic E-state index is 13.9. The Morgan fingerprint density at radius 3 is 2.73 bits per heavy atom. The second-order valence-electron chi connectivity index (χ2n) is 8.67. The summed E-state index contributed by atoms with van der Waals surface area (Å²) < 4.78 is 0. The van der Waals surface area contributed by atoms with E-state index in [2.05, 4.69) is 15.1 Å².